The lowest BCUT2D eigenvalue weighted by molar-refractivity contribution is 0.0955. The van der Waals surface area contributed by atoms with Crippen molar-refractivity contribution in [3.05, 3.63) is 60.2 Å². The van der Waals surface area contributed by atoms with Gasteiger partial charge in [0.15, 0.2) is 0 Å². The van der Waals surface area contributed by atoms with Crippen molar-refractivity contribution in [1.29, 1.82) is 0 Å². The van der Waals surface area contributed by atoms with E-state index in [1.807, 2.05) is 64.2 Å². The van der Waals surface area contributed by atoms with Crippen LogP contribution in [0.4, 0.5) is 0 Å². The van der Waals surface area contributed by atoms with Crippen LogP contribution in [0.15, 0.2) is 41.5 Å². The zero-order valence-electron chi connectivity index (χ0n) is 11.1. The lowest BCUT2D eigenvalue weighted by Gasteiger charge is -2.03. The maximum absolute atomic E-state index is 11.9. The van der Waals surface area contributed by atoms with E-state index < -0.39 is 0 Å². The van der Waals surface area contributed by atoms with E-state index in [9.17, 15) is 9.90 Å². The fraction of sp³-hybridized carbons (Fsp3) is 0.0667. The molecule has 2 N–H and O–H groups in total. The number of hydrogen-bond acceptors (Lipinski definition) is 3. The second kappa shape index (κ2) is 7.21. The maximum Gasteiger partial charge on any atom is 0.271 e. The molecule has 0 aliphatic carbocycles. The summed E-state index contributed by atoms with van der Waals surface area (Å²) in [6.07, 6.45) is 1.55. The highest BCUT2D eigenvalue weighted by molar-refractivity contribution is 14.1. The molecule has 0 atom stereocenters. The number of rotatable bonds is 3. The van der Waals surface area contributed by atoms with Crippen LogP contribution in [-0.4, -0.2) is 17.2 Å². The van der Waals surface area contributed by atoms with Gasteiger partial charge in [-0.1, -0.05) is 17.7 Å². The smallest absolute Gasteiger partial charge is 0.271 e. The van der Waals surface area contributed by atoms with Crippen LogP contribution in [0.2, 0.25) is 0 Å². The molecule has 0 spiro atoms. The summed E-state index contributed by atoms with van der Waals surface area (Å²) in [6.45, 7) is 1.93. The molecular formula is C15H12I2N2O2. The fourth-order valence-electron chi connectivity index (χ4n) is 1.68. The number of benzene rings is 2. The van der Waals surface area contributed by atoms with Gasteiger partial charge in [0.2, 0.25) is 0 Å². The highest BCUT2D eigenvalue weighted by Crippen LogP contribution is 2.26. The predicted octanol–water partition coefficient (Wildman–Crippen LogP) is 3.67. The first-order valence-corrected chi connectivity index (χ1v) is 8.21. The summed E-state index contributed by atoms with van der Waals surface area (Å²) in [5.41, 5.74) is 4.90. The van der Waals surface area contributed by atoms with Gasteiger partial charge in [0.05, 0.1) is 13.4 Å². The van der Waals surface area contributed by atoms with Crippen molar-refractivity contribution in [1.82, 2.24) is 5.43 Å². The summed E-state index contributed by atoms with van der Waals surface area (Å²) in [5.74, 6) is 0.00951. The van der Waals surface area contributed by atoms with E-state index in [-0.39, 0.29) is 11.7 Å². The number of aryl methyl sites for hydroxylation is 1. The predicted molar refractivity (Wildman–Crippen MR) is 99.8 cm³/mol. The third-order valence-corrected chi connectivity index (χ3v) is 4.34. The van der Waals surface area contributed by atoms with Gasteiger partial charge in [0.25, 0.3) is 5.91 Å². The Balaban J connectivity index is 2.07. The molecule has 21 heavy (non-hydrogen) atoms. The Morgan fingerprint density at radius 1 is 1.24 bits per heavy atom. The molecule has 1 amide bonds. The summed E-state index contributed by atoms with van der Waals surface area (Å²) in [6, 6.07) is 10.9. The largest absolute Gasteiger partial charge is 0.506 e. The molecule has 0 fully saturated rings. The van der Waals surface area contributed by atoms with Crippen LogP contribution in [0.1, 0.15) is 21.5 Å². The van der Waals surface area contributed by atoms with Crippen LogP contribution in [-0.2, 0) is 0 Å². The maximum atomic E-state index is 11.9. The first kappa shape index (κ1) is 16.2. The summed E-state index contributed by atoms with van der Waals surface area (Å²) in [7, 11) is 0. The minimum absolute atomic E-state index is 0.252. The number of carbonyl (C=O) groups excluding carboxylic acids is 1. The van der Waals surface area contributed by atoms with E-state index >= 15 is 0 Å². The normalized spacial score (nSPS) is 10.8. The number of aromatic hydroxyl groups is 1. The van der Waals surface area contributed by atoms with Gasteiger partial charge >= 0.3 is 0 Å². The van der Waals surface area contributed by atoms with E-state index in [1.54, 1.807) is 30.5 Å². The second-order valence-electron chi connectivity index (χ2n) is 4.40. The SMILES string of the molecule is Cc1cccc(C(=O)N/N=C\c2cc(I)c(O)c(I)c2)c1. The quantitative estimate of drug-likeness (QED) is 0.380. The lowest BCUT2D eigenvalue weighted by Crippen LogP contribution is -2.17. The summed E-state index contributed by atoms with van der Waals surface area (Å²) >= 11 is 4.10. The number of hydrazone groups is 1. The van der Waals surface area contributed by atoms with E-state index in [0.717, 1.165) is 18.3 Å². The third-order valence-electron chi connectivity index (χ3n) is 2.70. The van der Waals surface area contributed by atoms with Gasteiger partial charge in [0, 0.05) is 5.56 Å². The van der Waals surface area contributed by atoms with Crippen LogP contribution in [0.25, 0.3) is 0 Å². The minimum atomic E-state index is -0.252. The van der Waals surface area contributed by atoms with Gasteiger partial charge in [-0.25, -0.2) is 5.43 Å². The highest BCUT2D eigenvalue weighted by Gasteiger charge is 2.05. The zero-order valence-corrected chi connectivity index (χ0v) is 15.4. The van der Waals surface area contributed by atoms with Crippen molar-refractivity contribution < 1.29 is 9.90 Å². The van der Waals surface area contributed by atoms with Crippen LogP contribution in [0.3, 0.4) is 0 Å². The van der Waals surface area contributed by atoms with Gasteiger partial charge in [-0.3, -0.25) is 4.79 Å². The Bertz CT molecular complexity index is 692. The number of phenols is 1. The van der Waals surface area contributed by atoms with Crippen LogP contribution in [0, 0.1) is 14.1 Å². The van der Waals surface area contributed by atoms with Crippen LogP contribution >= 0.6 is 45.2 Å². The number of phenolic OH excluding ortho intramolecular Hbond substituents is 1. The number of nitrogens with one attached hydrogen (secondary N) is 1. The number of hydrogen-bond donors (Lipinski definition) is 2. The first-order chi connectivity index (χ1) is 9.97. The van der Waals surface area contributed by atoms with Gasteiger partial charge < -0.3 is 5.11 Å². The van der Waals surface area contributed by atoms with E-state index in [0.29, 0.717) is 5.56 Å². The monoisotopic (exact) mass is 506 g/mol. The molecule has 2 aromatic carbocycles. The molecule has 0 saturated carbocycles. The number of carbonyl (C=O) groups is 1. The Labute approximate surface area is 149 Å². The van der Waals surface area contributed by atoms with Crippen molar-refractivity contribution in [2.45, 2.75) is 6.92 Å². The van der Waals surface area contributed by atoms with Crippen molar-refractivity contribution in [2.75, 3.05) is 0 Å². The van der Waals surface area contributed by atoms with E-state index in [2.05, 4.69) is 10.5 Å². The summed E-state index contributed by atoms with van der Waals surface area (Å²) in [4.78, 5) is 11.9. The molecule has 2 aromatic rings. The third kappa shape index (κ3) is 4.40. The molecule has 0 heterocycles. The van der Waals surface area contributed by atoms with E-state index in [1.165, 1.54) is 0 Å². The van der Waals surface area contributed by atoms with Crippen LogP contribution in [0.5, 0.6) is 5.75 Å². The molecular weight excluding hydrogens is 494 g/mol. The molecule has 0 bridgehead atoms. The van der Waals surface area contributed by atoms with Gasteiger partial charge in [-0.15, -0.1) is 0 Å². The standard InChI is InChI=1S/C15H12I2N2O2/c1-9-3-2-4-11(5-9)15(21)19-18-8-10-6-12(16)14(20)13(17)7-10/h2-8,20H,1H3,(H,19,21)/b18-8-. The van der Waals surface area contributed by atoms with Crippen LogP contribution < -0.4 is 5.43 Å². The lowest BCUT2D eigenvalue weighted by atomic mass is 10.1. The van der Waals surface area contributed by atoms with Crippen molar-refractivity contribution in [3.8, 4) is 5.75 Å². The number of halogens is 2. The molecule has 0 radical (unpaired) electrons. The average Bonchev–Trinajstić information content (AvgIpc) is 2.44. The second-order valence-corrected chi connectivity index (χ2v) is 6.73. The fourth-order valence-corrected chi connectivity index (χ4v) is 3.49. The van der Waals surface area contributed by atoms with Gasteiger partial charge in [-0.05, 0) is 81.9 Å². The Morgan fingerprint density at radius 3 is 2.52 bits per heavy atom. The van der Waals surface area contributed by atoms with Gasteiger partial charge in [0.1, 0.15) is 5.75 Å². The molecule has 2 rings (SSSR count). The molecule has 0 unspecified atom stereocenters. The first-order valence-electron chi connectivity index (χ1n) is 6.05. The van der Waals surface area contributed by atoms with E-state index in [4.69, 9.17) is 0 Å². The molecule has 0 aliphatic heterocycles. The number of amides is 1. The molecule has 0 aliphatic rings. The molecule has 6 heteroatoms. The summed E-state index contributed by atoms with van der Waals surface area (Å²) in [5, 5.41) is 13.6. The molecule has 108 valence electrons. The molecule has 0 saturated heterocycles. The minimum Gasteiger partial charge on any atom is -0.506 e. The van der Waals surface area contributed by atoms with Gasteiger partial charge in [-0.2, -0.15) is 5.10 Å². The summed E-state index contributed by atoms with van der Waals surface area (Å²) < 4.78 is 1.48. The van der Waals surface area contributed by atoms with Crippen molar-refractivity contribution in [3.63, 3.8) is 0 Å². The number of nitrogens with zero attached hydrogens (tertiary/aromatic N) is 1. The highest BCUT2D eigenvalue weighted by atomic mass is 127. The Kier molecular flexibility index (Phi) is 5.57. The molecule has 0 aromatic heterocycles. The average molecular weight is 506 g/mol. The molecule has 4 nitrogen and oxygen atoms in total. The Hall–Kier alpha value is -1.16. The Morgan fingerprint density at radius 2 is 1.90 bits per heavy atom. The zero-order chi connectivity index (χ0) is 15.4. The van der Waals surface area contributed by atoms with Crippen molar-refractivity contribution >= 4 is 57.3 Å². The van der Waals surface area contributed by atoms with Crippen molar-refractivity contribution in [2.24, 2.45) is 5.10 Å². The topological polar surface area (TPSA) is 61.7 Å².